The number of hydrogen-bond donors (Lipinski definition) is 0. The van der Waals surface area contributed by atoms with E-state index in [1.54, 1.807) is 36.4 Å². The molecule has 0 aliphatic rings. The molecule has 0 aliphatic carbocycles. The SMILES string of the molecule is Cc1ccc(-[n+]2noc([O-])c2-c2nnc(-c3ccc(-[n+]4cc([O-])on4)cc3)o2)cc1. The lowest BCUT2D eigenvalue weighted by molar-refractivity contribution is -0.670. The summed E-state index contributed by atoms with van der Waals surface area (Å²) in [6.07, 6.45) is 1.21. The summed E-state index contributed by atoms with van der Waals surface area (Å²) in [4.78, 5) is 0. The first-order chi connectivity index (χ1) is 14.6. The number of benzene rings is 2. The molecular formula is C19H12N6O5. The van der Waals surface area contributed by atoms with Crippen LogP contribution in [-0.2, 0) is 0 Å². The Morgan fingerprint density at radius 1 is 0.800 bits per heavy atom. The van der Waals surface area contributed by atoms with Crippen LogP contribution in [0.5, 0.6) is 11.9 Å². The van der Waals surface area contributed by atoms with Crippen LogP contribution in [0.3, 0.4) is 0 Å². The van der Waals surface area contributed by atoms with Crippen molar-refractivity contribution in [1.82, 2.24) is 20.7 Å². The Hall–Kier alpha value is -4.54. The van der Waals surface area contributed by atoms with Gasteiger partial charge < -0.3 is 23.7 Å². The Labute approximate surface area is 168 Å². The second kappa shape index (κ2) is 6.81. The monoisotopic (exact) mass is 404 g/mol. The van der Waals surface area contributed by atoms with Gasteiger partial charge in [-0.3, -0.25) is 0 Å². The largest absolute Gasteiger partial charge is 0.539 e. The molecule has 0 fully saturated rings. The highest BCUT2D eigenvalue weighted by Crippen LogP contribution is 2.27. The molecule has 0 unspecified atom stereocenters. The number of aryl methyl sites for hydroxylation is 1. The van der Waals surface area contributed by atoms with E-state index in [1.165, 1.54) is 15.6 Å². The highest BCUT2D eigenvalue weighted by Gasteiger charge is 2.28. The van der Waals surface area contributed by atoms with Crippen LogP contribution in [0.15, 0.2) is 68.2 Å². The molecular weight excluding hydrogens is 392 g/mol. The molecule has 0 atom stereocenters. The second-order valence-corrected chi connectivity index (χ2v) is 6.38. The summed E-state index contributed by atoms with van der Waals surface area (Å²) in [5.74, 6) is -1.08. The topological polar surface area (TPSA) is 145 Å². The van der Waals surface area contributed by atoms with Crippen molar-refractivity contribution in [2.45, 2.75) is 6.92 Å². The summed E-state index contributed by atoms with van der Waals surface area (Å²) >= 11 is 0. The second-order valence-electron chi connectivity index (χ2n) is 6.38. The van der Waals surface area contributed by atoms with Gasteiger partial charge in [0, 0.05) is 29.8 Å². The minimum Gasteiger partial charge on any atom is -0.539 e. The molecule has 5 rings (SSSR count). The van der Waals surface area contributed by atoms with Gasteiger partial charge in [0.2, 0.25) is 23.5 Å². The lowest BCUT2D eigenvalue weighted by atomic mass is 10.2. The normalized spacial score (nSPS) is 11.1. The number of hydrogen-bond acceptors (Lipinski definition) is 9. The van der Waals surface area contributed by atoms with E-state index >= 15 is 0 Å². The molecule has 0 amide bonds. The fourth-order valence-electron chi connectivity index (χ4n) is 2.83. The van der Waals surface area contributed by atoms with Crippen molar-refractivity contribution in [2.24, 2.45) is 0 Å². The Balaban J connectivity index is 1.48. The highest BCUT2D eigenvalue weighted by molar-refractivity contribution is 5.57. The molecule has 0 saturated heterocycles. The van der Waals surface area contributed by atoms with Crippen LogP contribution in [-0.4, -0.2) is 20.7 Å². The minimum atomic E-state index is -0.697. The van der Waals surface area contributed by atoms with E-state index in [1.807, 2.05) is 19.1 Å². The molecule has 3 heterocycles. The van der Waals surface area contributed by atoms with Gasteiger partial charge in [0.15, 0.2) is 5.95 Å². The first-order valence-corrected chi connectivity index (χ1v) is 8.75. The maximum absolute atomic E-state index is 12.2. The Morgan fingerprint density at radius 2 is 1.50 bits per heavy atom. The molecule has 11 heteroatoms. The maximum Gasteiger partial charge on any atom is 0.327 e. The van der Waals surface area contributed by atoms with Crippen molar-refractivity contribution in [3.63, 3.8) is 0 Å². The Morgan fingerprint density at radius 3 is 2.20 bits per heavy atom. The van der Waals surface area contributed by atoms with Crippen LogP contribution < -0.4 is 19.6 Å². The predicted molar refractivity (Wildman–Crippen MR) is 92.0 cm³/mol. The summed E-state index contributed by atoms with van der Waals surface area (Å²) in [6.45, 7) is 1.95. The van der Waals surface area contributed by atoms with Crippen LogP contribution >= 0.6 is 0 Å². The van der Waals surface area contributed by atoms with E-state index in [0.717, 1.165) is 5.56 Å². The molecule has 2 aromatic carbocycles. The first-order valence-electron chi connectivity index (χ1n) is 8.75. The van der Waals surface area contributed by atoms with Crippen molar-refractivity contribution in [2.75, 3.05) is 0 Å². The number of aromatic nitrogens is 6. The summed E-state index contributed by atoms with van der Waals surface area (Å²) < 4.78 is 17.6. The molecule has 0 aliphatic heterocycles. The smallest absolute Gasteiger partial charge is 0.327 e. The van der Waals surface area contributed by atoms with Gasteiger partial charge in [-0.05, 0) is 28.4 Å². The number of rotatable bonds is 4. The Bertz CT molecular complexity index is 1320. The molecule has 148 valence electrons. The molecule has 3 aromatic heterocycles. The van der Waals surface area contributed by atoms with Gasteiger partial charge in [0.1, 0.15) is 5.95 Å². The van der Waals surface area contributed by atoms with E-state index in [-0.39, 0.29) is 17.5 Å². The van der Waals surface area contributed by atoms with Crippen LogP contribution in [0.2, 0.25) is 0 Å². The zero-order valence-corrected chi connectivity index (χ0v) is 15.4. The van der Waals surface area contributed by atoms with Crippen molar-refractivity contribution in [1.29, 1.82) is 0 Å². The van der Waals surface area contributed by atoms with Gasteiger partial charge in [-0.2, -0.15) is 0 Å². The number of nitrogens with zero attached hydrogens (tertiary/aromatic N) is 6. The average Bonchev–Trinajstić information content (AvgIpc) is 3.49. The molecule has 0 bridgehead atoms. The van der Waals surface area contributed by atoms with Crippen LogP contribution in [0.4, 0.5) is 0 Å². The standard InChI is InChI=1S/C19H12N6O5/c1-11-2-6-14(7-3-11)25-16(19(27)30-23-25)18-21-20-17(28-18)12-4-8-13(9-5-12)24-10-15(26)29-22-24/h2-10H,1H3. The molecule has 11 nitrogen and oxygen atoms in total. The van der Waals surface area contributed by atoms with E-state index < -0.39 is 11.9 Å². The molecule has 30 heavy (non-hydrogen) atoms. The van der Waals surface area contributed by atoms with Gasteiger partial charge in [0.25, 0.3) is 0 Å². The third-order valence-corrected chi connectivity index (χ3v) is 4.34. The van der Waals surface area contributed by atoms with Gasteiger partial charge in [-0.1, -0.05) is 17.7 Å². The molecule has 0 radical (unpaired) electrons. The third-order valence-electron chi connectivity index (χ3n) is 4.34. The van der Waals surface area contributed by atoms with E-state index in [4.69, 9.17) is 8.94 Å². The van der Waals surface area contributed by atoms with E-state index in [0.29, 0.717) is 16.9 Å². The quantitative estimate of drug-likeness (QED) is 0.388. The van der Waals surface area contributed by atoms with E-state index in [2.05, 4.69) is 25.3 Å². The van der Waals surface area contributed by atoms with Gasteiger partial charge >= 0.3 is 11.6 Å². The molecule has 0 saturated carbocycles. The van der Waals surface area contributed by atoms with E-state index in [9.17, 15) is 10.2 Å². The molecule has 0 spiro atoms. The summed E-state index contributed by atoms with van der Waals surface area (Å²) in [5, 5.41) is 38.7. The zero-order chi connectivity index (χ0) is 20.7. The minimum absolute atomic E-state index is 0.0235. The van der Waals surface area contributed by atoms with Crippen LogP contribution in [0.25, 0.3) is 34.4 Å². The van der Waals surface area contributed by atoms with Gasteiger partial charge in [-0.25, -0.2) is 0 Å². The van der Waals surface area contributed by atoms with Crippen molar-refractivity contribution in [3.05, 3.63) is 60.3 Å². The van der Waals surface area contributed by atoms with Gasteiger partial charge in [-0.15, -0.1) is 10.2 Å². The summed E-state index contributed by atoms with van der Waals surface area (Å²) in [5.41, 5.74) is 2.92. The average molecular weight is 404 g/mol. The molecule has 0 N–H and O–H groups in total. The highest BCUT2D eigenvalue weighted by atomic mass is 16.6. The van der Waals surface area contributed by atoms with Crippen LogP contribution in [0.1, 0.15) is 5.56 Å². The first kappa shape index (κ1) is 17.6. The predicted octanol–water partition coefficient (Wildman–Crippen LogP) is 0.389. The van der Waals surface area contributed by atoms with Crippen LogP contribution in [0, 0.1) is 6.92 Å². The maximum atomic E-state index is 12.2. The lowest BCUT2D eigenvalue weighted by Gasteiger charge is -1.95. The summed E-state index contributed by atoms with van der Waals surface area (Å²) in [6, 6.07) is 14.2. The molecule has 5 aromatic rings. The van der Waals surface area contributed by atoms with Gasteiger partial charge in [0.05, 0.1) is 10.5 Å². The van der Waals surface area contributed by atoms with Crippen molar-refractivity contribution in [3.8, 4) is 46.3 Å². The zero-order valence-electron chi connectivity index (χ0n) is 15.4. The Kier molecular flexibility index (Phi) is 3.98. The lowest BCUT2D eigenvalue weighted by Crippen LogP contribution is -2.34. The van der Waals surface area contributed by atoms with Crippen molar-refractivity contribution >= 4 is 0 Å². The van der Waals surface area contributed by atoms with Crippen molar-refractivity contribution < 1.29 is 33.0 Å². The third kappa shape index (κ3) is 3.03. The fourth-order valence-corrected chi connectivity index (χ4v) is 2.83. The fraction of sp³-hybridized carbons (Fsp3) is 0.0526. The summed E-state index contributed by atoms with van der Waals surface area (Å²) in [7, 11) is 0.